The molecule has 2 unspecified atom stereocenters. The summed E-state index contributed by atoms with van der Waals surface area (Å²) in [7, 11) is 0. The molecule has 21 heavy (non-hydrogen) atoms. The number of rotatable bonds is 7. The minimum absolute atomic E-state index is 0.135. The van der Waals surface area contributed by atoms with Crippen LogP contribution in [0.5, 0.6) is 0 Å². The number of hydrogen-bond acceptors (Lipinski definition) is 3. The Kier molecular flexibility index (Phi) is 5.88. The summed E-state index contributed by atoms with van der Waals surface area (Å²) in [6.07, 6.45) is 3.99. The van der Waals surface area contributed by atoms with Gasteiger partial charge in [-0.1, -0.05) is 24.6 Å². The van der Waals surface area contributed by atoms with E-state index in [2.05, 4.69) is 62.4 Å². The zero-order chi connectivity index (χ0) is 15.2. The highest BCUT2D eigenvalue weighted by atomic mass is 32.2. The standard InChI is InChI=1S/C17H25N3S/c1-4-14(3)20-9-8-16(19-20)11-15(18)12-21-17-7-5-6-13(2)10-17/h5-10,14-15H,4,11-12,18H2,1-3H3. The molecular formula is C17H25N3S. The average molecular weight is 303 g/mol. The number of benzene rings is 1. The summed E-state index contributed by atoms with van der Waals surface area (Å²) in [6.45, 7) is 6.48. The van der Waals surface area contributed by atoms with Crippen molar-refractivity contribution in [3.05, 3.63) is 47.8 Å². The summed E-state index contributed by atoms with van der Waals surface area (Å²) in [6, 6.07) is 11.2. The van der Waals surface area contributed by atoms with Crippen LogP contribution >= 0.6 is 11.8 Å². The van der Waals surface area contributed by atoms with E-state index in [9.17, 15) is 0 Å². The van der Waals surface area contributed by atoms with E-state index in [1.807, 2.05) is 16.4 Å². The van der Waals surface area contributed by atoms with Crippen LogP contribution < -0.4 is 5.73 Å². The summed E-state index contributed by atoms with van der Waals surface area (Å²) in [5.41, 5.74) is 8.62. The van der Waals surface area contributed by atoms with Crippen LogP contribution in [0.2, 0.25) is 0 Å². The van der Waals surface area contributed by atoms with Crippen molar-refractivity contribution < 1.29 is 0 Å². The van der Waals surface area contributed by atoms with E-state index in [0.717, 1.165) is 24.3 Å². The normalized spacial score (nSPS) is 14.1. The summed E-state index contributed by atoms with van der Waals surface area (Å²) in [5, 5.41) is 4.62. The predicted molar refractivity (Wildman–Crippen MR) is 90.8 cm³/mol. The molecule has 0 saturated carbocycles. The molecule has 114 valence electrons. The van der Waals surface area contributed by atoms with E-state index in [-0.39, 0.29) is 6.04 Å². The lowest BCUT2D eigenvalue weighted by Gasteiger charge is -2.11. The fraction of sp³-hybridized carbons (Fsp3) is 0.471. The second-order valence-electron chi connectivity index (χ2n) is 5.64. The van der Waals surface area contributed by atoms with E-state index >= 15 is 0 Å². The van der Waals surface area contributed by atoms with E-state index in [0.29, 0.717) is 6.04 Å². The third kappa shape index (κ3) is 4.90. The molecule has 0 aliphatic heterocycles. The van der Waals surface area contributed by atoms with Gasteiger partial charge in [0.2, 0.25) is 0 Å². The molecule has 0 aliphatic rings. The zero-order valence-electron chi connectivity index (χ0n) is 13.1. The van der Waals surface area contributed by atoms with Gasteiger partial charge in [0.25, 0.3) is 0 Å². The van der Waals surface area contributed by atoms with Gasteiger partial charge in [0.15, 0.2) is 0 Å². The van der Waals surface area contributed by atoms with Crippen molar-refractivity contribution in [1.29, 1.82) is 0 Å². The minimum atomic E-state index is 0.135. The van der Waals surface area contributed by atoms with Gasteiger partial charge in [-0.2, -0.15) is 5.10 Å². The minimum Gasteiger partial charge on any atom is -0.327 e. The molecule has 0 radical (unpaired) electrons. The quantitative estimate of drug-likeness (QED) is 0.791. The topological polar surface area (TPSA) is 43.8 Å². The molecule has 0 spiro atoms. The summed E-state index contributed by atoms with van der Waals surface area (Å²) in [4.78, 5) is 1.29. The average Bonchev–Trinajstić information content (AvgIpc) is 2.93. The smallest absolute Gasteiger partial charge is 0.0640 e. The Morgan fingerprint density at radius 2 is 2.14 bits per heavy atom. The SMILES string of the molecule is CCC(C)n1ccc(CC(N)CSc2cccc(C)c2)n1. The van der Waals surface area contributed by atoms with E-state index in [1.165, 1.54) is 10.5 Å². The Morgan fingerprint density at radius 1 is 1.33 bits per heavy atom. The van der Waals surface area contributed by atoms with E-state index in [4.69, 9.17) is 5.73 Å². The number of aromatic nitrogens is 2. The van der Waals surface area contributed by atoms with Gasteiger partial charge < -0.3 is 5.73 Å². The number of thioether (sulfide) groups is 1. The number of nitrogens with two attached hydrogens (primary N) is 1. The van der Waals surface area contributed by atoms with Crippen molar-refractivity contribution in [2.45, 2.75) is 50.6 Å². The lowest BCUT2D eigenvalue weighted by atomic mass is 10.2. The Morgan fingerprint density at radius 3 is 2.86 bits per heavy atom. The largest absolute Gasteiger partial charge is 0.327 e. The van der Waals surface area contributed by atoms with Crippen LogP contribution in [-0.2, 0) is 6.42 Å². The Labute approximate surface area is 131 Å². The van der Waals surface area contributed by atoms with E-state index in [1.54, 1.807) is 0 Å². The molecule has 0 amide bonds. The first-order valence-electron chi connectivity index (χ1n) is 7.57. The lowest BCUT2D eigenvalue weighted by molar-refractivity contribution is 0.472. The van der Waals surface area contributed by atoms with Gasteiger partial charge in [0.1, 0.15) is 0 Å². The lowest BCUT2D eigenvalue weighted by Crippen LogP contribution is -2.25. The fourth-order valence-electron chi connectivity index (χ4n) is 2.15. The van der Waals surface area contributed by atoms with Crippen molar-refractivity contribution in [2.24, 2.45) is 5.73 Å². The monoisotopic (exact) mass is 303 g/mol. The molecule has 1 heterocycles. The van der Waals surface area contributed by atoms with Crippen LogP contribution in [0.3, 0.4) is 0 Å². The predicted octanol–water partition coefficient (Wildman–Crippen LogP) is 3.82. The van der Waals surface area contributed by atoms with Crippen molar-refractivity contribution in [3.8, 4) is 0 Å². The second kappa shape index (κ2) is 7.66. The van der Waals surface area contributed by atoms with Crippen molar-refractivity contribution in [3.63, 3.8) is 0 Å². The van der Waals surface area contributed by atoms with Crippen LogP contribution in [0.15, 0.2) is 41.4 Å². The highest BCUT2D eigenvalue weighted by Crippen LogP contribution is 2.20. The molecule has 0 fully saturated rings. The third-order valence-corrected chi connectivity index (χ3v) is 4.81. The molecule has 2 atom stereocenters. The highest BCUT2D eigenvalue weighted by molar-refractivity contribution is 7.99. The van der Waals surface area contributed by atoms with Crippen LogP contribution in [0.25, 0.3) is 0 Å². The van der Waals surface area contributed by atoms with Gasteiger partial charge in [-0.05, 0) is 38.5 Å². The molecular weight excluding hydrogens is 278 g/mol. The van der Waals surface area contributed by atoms with Crippen molar-refractivity contribution in [1.82, 2.24) is 9.78 Å². The van der Waals surface area contributed by atoms with Gasteiger partial charge in [-0.3, -0.25) is 4.68 Å². The molecule has 2 aromatic rings. The summed E-state index contributed by atoms with van der Waals surface area (Å²) < 4.78 is 2.04. The zero-order valence-corrected chi connectivity index (χ0v) is 13.9. The van der Waals surface area contributed by atoms with E-state index < -0.39 is 0 Å². The van der Waals surface area contributed by atoms with Crippen LogP contribution in [0, 0.1) is 6.92 Å². The number of nitrogens with zero attached hydrogens (tertiary/aromatic N) is 2. The molecule has 3 nitrogen and oxygen atoms in total. The summed E-state index contributed by atoms with van der Waals surface area (Å²) >= 11 is 1.82. The fourth-order valence-corrected chi connectivity index (χ4v) is 3.12. The first-order valence-corrected chi connectivity index (χ1v) is 8.56. The Balaban J connectivity index is 1.84. The Bertz CT molecular complexity index is 565. The molecule has 4 heteroatoms. The maximum atomic E-state index is 6.24. The number of aryl methyl sites for hydroxylation is 1. The van der Waals surface area contributed by atoms with Crippen LogP contribution in [0.1, 0.15) is 37.6 Å². The molecule has 0 bridgehead atoms. The molecule has 1 aromatic heterocycles. The molecule has 2 rings (SSSR count). The third-order valence-electron chi connectivity index (χ3n) is 3.63. The maximum Gasteiger partial charge on any atom is 0.0640 e. The second-order valence-corrected chi connectivity index (χ2v) is 6.73. The molecule has 2 N–H and O–H groups in total. The Hall–Kier alpha value is -1.26. The maximum absolute atomic E-state index is 6.24. The molecule has 0 saturated heterocycles. The molecule has 0 aliphatic carbocycles. The highest BCUT2D eigenvalue weighted by Gasteiger charge is 2.09. The van der Waals surface area contributed by atoms with Crippen LogP contribution in [0.4, 0.5) is 0 Å². The first kappa shape index (κ1) is 16.1. The van der Waals surface area contributed by atoms with Gasteiger partial charge in [-0.15, -0.1) is 11.8 Å². The number of hydrogen-bond donors (Lipinski definition) is 1. The van der Waals surface area contributed by atoms with Gasteiger partial charge >= 0.3 is 0 Å². The van der Waals surface area contributed by atoms with Crippen molar-refractivity contribution >= 4 is 11.8 Å². The summed E-state index contributed by atoms with van der Waals surface area (Å²) in [5.74, 6) is 0.916. The molecule has 1 aromatic carbocycles. The van der Waals surface area contributed by atoms with Crippen molar-refractivity contribution in [2.75, 3.05) is 5.75 Å². The van der Waals surface area contributed by atoms with Gasteiger partial charge in [-0.25, -0.2) is 0 Å². The van der Waals surface area contributed by atoms with Crippen LogP contribution in [-0.4, -0.2) is 21.6 Å². The van der Waals surface area contributed by atoms with Gasteiger partial charge in [0, 0.05) is 35.3 Å². The van der Waals surface area contributed by atoms with Gasteiger partial charge in [0.05, 0.1) is 5.69 Å². The first-order chi connectivity index (χ1) is 10.1.